The maximum atomic E-state index is 13.3. The highest BCUT2D eigenvalue weighted by molar-refractivity contribution is 7.90. The summed E-state index contributed by atoms with van der Waals surface area (Å²) in [6.45, 7) is 3.95. The molecule has 1 aliphatic heterocycles. The molecule has 0 saturated heterocycles. The van der Waals surface area contributed by atoms with E-state index in [1.165, 1.54) is 3.97 Å². The van der Waals surface area contributed by atoms with Crippen LogP contribution in [0.2, 0.25) is 0 Å². The van der Waals surface area contributed by atoms with Gasteiger partial charge in [0.15, 0.2) is 0 Å². The number of fused-ring (bicyclic) bond motifs is 3. The van der Waals surface area contributed by atoms with Gasteiger partial charge in [0.05, 0.1) is 16.5 Å². The number of hydrogen-bond acceptors (Lipinski definition) is 3. The molecule has 0 radical (unpaired) electrons. The van der Waals surface area contributed by atoms with Gasteiger partial charge in [-0.15, -0.1) is 0 Å². The molecule has 1 aromatic heterocycles. The third-order valence-corrected chi connectivity index (χ3v) is 6.24. The zero-order valence-electron chi connectivity index (χ0n) is 13.6. The molecular formula is C19H18N2O2S. The summed E-state index contributed by atoms with van der Waals surface area (Å²) in [5.41, 5.74) is 3.48. The van der Waals surface area contributed by atoms with Crippen molar-refractivity contribution in [1.82, 2.24) is 3.97 Å². The fourth-order valence-electron chi connectivity index (χ4n) is 3.25. The van der Waals surface area contributed by atoms with E-state index in [0.717, 1.165) is 22.2 Å². The molecule has 0 N–H and O–H groups in total. The maximum absolute atomic E-state index is 13.3. The van der Waals surface area contributed by atoms with Gasteiger partial charge in [0, 0.05) is 29.3 Å². The van der Waals surface area contributed by atoms with Crippen LogP contribution in [0, 0.1) is 6.92 Å². The van der Waals surface area contributed by atoms with Crippen LogP contribution < -0.4 is 0 Å². The van der Waals surface area contributed by atoms with Crippen LogP contribution in [0.25, 0.3) is 10.9 Å². The fraction of sp³-hybridized carbons (Fsp3) is 0.211. The van der Waals surface area contributed by atoms with Crippen LogP contribution in [0.5, 0.6) is 0 Å². The quantitative estimate of drug-likeness (QED) is 0.717. The largest absolute Gasteiger partial charge is 0.289 e. The lowest BCUT2D eigenvalue weighted by molar-refractivity contribution is 0.584. The van der Waals surface area contributed by atoms with Crippen molar-refractivity contribution in [2.75, 3.05) is 0 Å². The van der Waals surface area contributed by atoms with Crippen molar-refractivity contribution in [3.05, 3.63) is 65.4 Å². The Bertz CT molecular complexity index is 1060. The molecule has 0 spiro atoms. The van der Waals surface area contributed by atoms with Crippen molar-refractivity contribution < 1.29 is 8.42 Å². The highest BCUT2D eigenvalue weighted by atomic mass is 32.2. The van der Waals surface area contributed by atoms with Gasteiger partial charge in [0.2, 0.25) is 0 Å². The van der Waals surface area contributed by atoms with Crippen LogP contribution in [0.1, 0.15) is 23.7 Å². The number of aryl methyl sites for hydroxylation is 1. The van der Waals surface area contributed by atoms with Crippen LogP contribution >= 0.6 is 0 Å². The van der Waals surface area contributed by atoms with Crippen molar-refractivity contribution >= 4 is 27.1 Å². The van der Waals surface area contributed by atoms with E-state index in [1.807, 2.05) is 56.5 Å². The molecule has 0 bridgehead atoms. The van der Waals surface area contributed by atoms with E-state index in [-0.39, 0.29) is 6.04 Å². The molecule has 24 heavy (non-hydrogen) atoms. The Morgan fingerprint density at radius 1 is 1.08 bits per heavy atom. The highest BCUT2D eigenvalue weighted by Crippen LogP contribution is 2.32. The molecule has 0 amide bonds. The number of hydrogen-bond donors (Lipinski definition) is 0. The normalized spacial score (nSPS) is 17.2. The summed E-state index contributed by atoms with van der Waals surface area (Å²) in [7, 11) is -3.65. The topological polar surface area (TPSA) is 51.4 Å². The summed E-state index contributed by atoms with van der Waals surface area (Å²) in [5.74, 6) is 0. The molecule has 4 rings (SSSR count). The van der Waals surface area contributed by atoms with Crippen LogP contribution in [0.15, 0.2) is 58.4 Å². The Morgan fingerprint density at radius 3 is 2.54 bits per heavy atom. The first-order valence-electron chi connectivity index (χ1n) is 7.96. The van der Waals surface area contributed by atoms with E-state index in [9.17, 15) is 8.42 Å². The Morgan fingerprint density at radius 2 is 1.79 bits per heavy atom. The standard InChI is InChI=1S/C19H18N2O2S/c1-13-7-9-15(10-8-13)24(22,23)21-18-6-4-3-5-16(18)17-12-20-14(2)11-19(17)21/h3-10,12,14H,11H2,1-2H3. The Labute approximate surface area is 141 Å². The Kier molecular flexibility index (Phi) is 3.35. The zero-order valence-corrected chi connectivity index (χ0v) is 14.4. The first kappa shape index (κ1) is 15.1. The Balaban J connectivity index is 2.05. The van der Waals surface area contributed by atoms with Gasteiger partial charge in [0.1, 0.15) is 0 Å². The Hall–Kier alpha value is -2.40. The first-order valence-corrected chi connectivity index (χ1v) is 9.40. The van der Waals surface area contributed by atoms with Crippen LogP contribution in [-0.2, 0) is 16.4 Å². The lowest BCUT2D eigenvalue weighted by Gasteiger charge is -2.17. The minimum atomic E-state index is -3.65. The molecule has 2 heterocycles. The van der Waals surface area contributed by atoms with Crippen molar-refractivity contribution in [2.45, 2.75) is 31.2 Å². The van der Waals surface area contributed by atoms with E-state index in [0.29, 0.717) is 16.8 Å². The predicted molar refractivity (Wildman–Crippen MR) is 96.5 cm³/mol. The summed E-state index contributed by atoms with van der Waals surface area (Å²) >= 11 is 0. The molecule has 2 aromatic carbocycles. The number of benzene rings is 2. The lowest BCUT2D eigenvalue weighted by Crippen LogP contribution is -2.20. The molecule has 122 valence electrons. The predicted octanol–water partition coefficient (Wildman–Crippen LogP) is 3.55. The van der Waals surface area contributed by atoms with Gasteiger partial charge in [-0.05, 0) is 32.0 Å². The summed E-state index contributed by atoms with van der Waals surface area (Å²) in [4.78, 5) is 4.78. The summed E-state index contributed by atoms with van der Waals surface area (Å²) in [6.07, 6.45) is 2.43. The van der Waals surface area contributed by atoms with E-state index in [4.69, 9.17) is 0 Å². The van der Waals surface area contributed by atoms with Gasteiger partial charge < -0.3 is 0 Å². The first-order chi connectivity index (χ1) is 11.5. The second kappa shape index (κ2) is 5.31. The van der Waals surface area contributed by atoms with Gasteiger partial charge in [-0.3, -0.25) is 4.99 Å². The van der Waals surface area contributed by atoms with Gasteiger partial charge in [-0.2, -0.15) is 0 Å². The second-order valence-corrected chi connectivity index (χ2v) is 8.08. The van der Waals surface area contributed by atoms with E-state index < -0.39 is 10.0 Å². The monoisotopic (exact) mass is 338 g/mol. The number of rotatable bonds is 2. The molecule has 4 nitrogen and oxygen atoms in total. The van der Waals surface area contributed by atoms with Crippen molar-refractivity contribution in [3.63, 3.8) is 0 Å². The average molecular weight is 338 g/mol. The fourth-order valence-corrected chi connectivity index (χ4v) is 4.82. The van der Waals surface area contributed by atoms with Crippen molar-refractivity contribution in [2.24, 2.45) is 4.99 Å². The minimum Gasteiger partial charge on any atom is -0.289 e. The number of aliphatic imine (C=N–C) groups is 1. The van der Waals surface area contributed by atoms with Gasteiger partial charge >= 0.3 is 0 Å². The maximum Gasteiger partial charge on any atom is 0.268 e. The smallest absolute Gasteiger partial charge is 0.268 e. The summed E-state index contributed by atoms with van der Waals surface area (Å²) < 4.78 is 28.1. The van der Waals surface area contributed by atoms with Gasteiger partial charge in [0.25, 0.3) is 10.0 Å². The summed E-state index contributed by atoms with van der Waals surface area (Å²) in [6, 6.07) is 14.7. The van der Waals surface area contributed by atoms with E-state index in [1.54, 1.807) is 12.1 Å². The van der Waals surface area contributed by atoms with E-state index in [2.05, 4.69) is 4.99 Å². The molecule has 0 aliphatic carbocycles. The third-order valence-electron chi connectivity index (χ3n) is 4.48. The summed E-state index contributed by atoms with van der Waals surface area (Å²) in [5, 5.41) is 0.929. The number of para-hydroxylation sites is 1. The minimum absolute atomic E-state index is 0.0776. The van der Waals surface area contributed by atoms with Crippen molar-refractivity contribution in [1.29, 1.82) is 0 Å². The van der Waals surface area contributed by atoms with E-state index >= 15 is 0 Å². The highest BCUT2D eigenvalue weighted by Gasteiger charge is 2.28. The average Bonchev–Trinajstić information content (AvgIpc) is 2.89. The molecule has 1 aliphatic rings. The van der Waals surface area contributed by atoms with Crippen LogP contribution in [0.3, 0.4) is 0 Å². The molecule has 0 saturated carbocycles. The molecule has 5 heteroatoms. The van der Waals surface area contributed by atoms with Gasteiger partial charge in [-0.1, -0.05) is 35.9 Å². The molecule has 1 atom stereocenters. The van der Waals surface area contributed by atoms with Crippen LogP contribution in [0.4, 0.5) is 0 Å². The number of aromatic nitrogens is 1. The molecular weight excluding hydrogens is 320 g/mol. The van der Waals surface area contributed by atoms with Gasteiger partial charge in [-0.25, -0.2) is 12.4 Å². The number of nitrogens with zero attached hydrogens (tertiary/aromatic N) is 2. The second-order valence-electron chi connectivity index (χ2n) is 6.29. The zero-order chi connectivity index (χ0) is 16.9. The molecule has 3 aromatic rings. The molecule has 0 fully saturated rings. The van der Waals surface area contributed by atoms with Crippen LogP contribution in [-0.4, -0.2) is 24.6 Å². The molecule has 1 unspecified atom stereocenters. The SMILES string of the molecule is Cc1ccc(S(=O)(=O)n2c3c(c4ccccc42)C=NC(C)C3)cc1. The lowest BCUT2D eigenvalue weighted by atomic mass is 10.0. The van der Waals surface area contributed by atoms with Crippen molar-refractivity contribution in [3.8, 4) is 0 Å². The third kappa shape index (κ3) is 2.19.